The van der Waals surface area contributed by atoms with Gasteiger partial charge in [0, 0.05) is 13.2 Å². The lowest BCUT2D eigenvalue weighted by atomic mass is 10.2. The van der Waals surface area contributed by atoms with Gasteiger partial charge in [-0.3, -0.25) is 9.63 Å². The highest BCUT2D eigenvalue weighted by molar-refractivity contribution is 5.97. The Morgan fingerprint density at radius 3 is 2.67 bits per heavy atom. The predicted molar refractivity (Wildman–Crippen MR) is 72.0 cm³/mol. The molecule has 2 N–H and O–H groups in total. The van der Waals surface area contributed by atoms with Crippen LogP contribution in [0.5, 0.6) is 11.6 Å². The SMILES string of the molecule is CON(Cc1cccc(F)c1)C(=O)c1cn(C)c(O)c1O. The lowest BCUT2D eigenvalue weighted by Crippen LogP contribution is -2.29. The van der Waals surface area contributed by atoms with Crippen molar-refractivity contribution >= 4 is 5.91 Å². The maximum absolute atomic E-state index is 13.1. The molecule has 0 aliphatic carbocycles. The molecular formula is C14H15FN2O4. The van der Waals surface area contributed by atoms with Crippen molar-refractivity contribution in [1.82, 2.24) is 9.63 Å². The van der Waals surface area contributed by atoms with Gasteiger partial charge in [-0.25, -0.2) is 9.45 Å². The summed E-state index contributed by atoms with van der Waals surface area (Å²) < 4.78 is 14.4. The average Bonchev–Trinajstić information content (AvgIpc) is 2.72. The summed E-state index contributed by atoms with van der Waals surface area (Å²) >= 11 is 0. The van der Waals surface area contributed by atoms with Crippen molar-refractivity contribution in [2.75, 3.05) is 7.11 Å². The van der Waals surface area contributed by atoms with Crippen LogP contribution in [0.1, 0.15) is 15.9 Å². The van der Waals surface area contributed by atoms with Crippen LogP contribution in [0.3, 0.4) is 0 Å². The molecule has 0 saturated heterocycles. The number of benzene rings is 1. The standard InChI is InChI=1S/C14H15FN2O4/c1-16-8-11(12(18)14(16)20)13(19)17(21-2)7-9-4-3-5-10(15)6-9/h3-6,8,18,20H,7H2,1-2H3. The van der Waals surface area contributed by atoms with Crippen LogP contribution in [0.25, 0.3) is 0 Å². The van der Waals surface area contributed by atoms with E-state index in [1.165, 1.54) is 43.1 Å². The van der Waals surface area contributed by atoms with Crippen LogP contribution >= 0.6 is 0 Å². The first-order chi connectivity index (χ1) is 9.93. The monoisotopic (exact) mass is 294 g/mol. The van der Waals surface area contributed by atoms with Crippen LogP contribution in [0, 0.1) is 5.82 Å². The van der Waals surface area contributed by atoms with E-state index < -0.39 is 23.4 Å². The molecule has 0 aliphatic heterocycles. The van der Waals surface area contributed by atoms with Crippen molar-refractivity contribution in [2.24, 2.45) is 7.05 Å². The molecule has 0 bridgehead atoms. The van der Waals surface area contributed by atoms with E-state index >= 15 is 0 Å². The first kappa shape index (κ1) is 14.9. The molecule has 0 spiro atoms. The number of halogens is 1. The fourth-order valence-corrected chi connectivity index (χ4v) is 1.91. The molecule has 0 fully saturated rings. The molecule has 2 aromatic rings. The Labute approximate surface area is 120 Å². The minimum absolute atomic E-state index is 0.00217. The minimum Gasteiger partial charge on any atom is -0.503 e. The van der Waals surface area contributed by atoms with Crippen LogP contribution in [0.4, 0.5) is 4.39 Å². The van der Waals surface area contributed by atoms with Crippen LogP contribution in [-0.4, -0.2) is 32.9 Å². The van der Waals surface area contributed by atoms with Crippen LogP contribution < -0.4 is 0 Å². The van der Waals surface area contributed by atoms with Gasteiger partial charge in [0.15, 0.2) is 5.75 Å². The zero-order valence-electron chi connectivity index (χ0n) is 11.6. The van der Waals surface area contributed by atoms with E-state index in [1.807, 2.05) is 0 Å². The van der Waals surface area contributed by atoms with Crippen molar-refractivity contribution in [3.05, 3.63) is 47.4 Å². The van der Waals surface area contributed by atoms with Gasteiger partial charge in [0.25, 0.3) is 5.91 Å². The molecule has 1 heterocycles. The number of aromatic hydroxyl groups is 2. The summed E-state index contributed by atoms with van der Waals surface area (Å²) in [5, 5.41) is 20.2. The number of amides is 1. The molecule has 6 nitrogen and oxygen atoms in total. The molecule has 0 atom stereocenters. The molecule has 112 valence electrons. The van der Waals surface area contributed by atoms with Crippen molar-refractivity contribution in [1.29, 1.82) is 0 Å². The number of hydrogen-bond acceptors (Lipinski definition) is 4. The summed E-state index contributed by atoms with van der Waals surface area (Å²) in [7, 11) is 2.77. The van der Waals surface area contributed by atoms with Crippen molar-refractivity contribution < 1.29 is 24.2 Å². The Hall–Kier alpha value is -2.54. The number of nitrogens with zero attached hydrogens (tertiary/aromatic N) is 2. The Bertz CT molecular complexity index is 669. The highest BCUT2D eigenvalue weighted by Crippen LogP contribution is 2.31. The third-order valence-corrected chi connectivity index (χ3v) is 3.02. The largest absolute Gasteiger partial charge is 0.503 e. The lowest BCUT2D eigenvalue weighted by Gasteiger charge is -2.19. The van der Waals surface area contributed by atoms with Gasteiger partial charge in [0.2, 0.25) is 5.88 Å². The number of carbonyl (C=O) groups excluding carboxylic acids is 1. The van der Waals surface area contributed by atoms with Crippen LogP contribution in [0.15, 0.2) is 30.5 Å². The van der Waals surface area contributed by atoms with E-state index in [0.29, 0.717) is 5.56 Å². The van der Waals surface area contributed by atoms with E-state index in [-0.39, 0.29) is 12.1 Å². The number of hydroxylamine groups is 2. The maximum Gasteiger partial charge on any atom is 0.283 e. The molecule has 0 radical (unpaired) electrons. The second-order valence-electron chi connectivity index (χ2n) is 4.48. The third-order valence-electron chi connectivity index (χ3n) is 3.02. The summed E-state index contributed by atoms with van der Waals surface area (Å²) in [6, 6.07) is 5.74. The van der Waals surface area contributed by atoms with E-state index in [2.05, 4.69) is 0 Å². The normalized spacial score (nSPS) is 10.6. The van der Waals surface area contributed by atoms with Gasteiger partial charge < -0.3 is 14.8 Å². The summed E-state index contributed by atoms with van der Waals surface area (Å²) in [5.41, 5.74) is 0.429. The summed E-state index contributed by atoms with van der Waals surface area (Å²) in [6.45, 7) is 0.00217. The fraction of sp³-hybridized carbons (Fsp3) is 0.214. The molecular weight excluding hydrogens is 279 g/mol. The quantitative estimate of drug-likeness (QED) is 0.843. The molecule has 2 rings (SSSR count). The predicted octanol–water partition coefficient (Wildman–Crippen LogP) is 1.78. The summed E-state index contributed by atoms with van der Waals surface area (Å²) in [6.07, 6.45) is 1.28. The first-order valence-electron chi connectivity index (χ1n) is 6.11. The van der Waals surface area contributed by atoms with Gasteiger partial charge in [-0.15, -0.1) is 0 Å². The average molecular weight is 294 g/mol. The van der Waals surface area contributed by atoms with Gasteiger partial charge >= 0.3 is 0 Å². The van der Waals surface area contributed by atoms with Gasteiger partial charge in [0.05, 0.1) is 13.7 Å². The third kappa shape index (κ3) is 2.97. The fourth-order valence-electron chi connectivity index (χ4n) is 1.91. The Kier molecular flexibility index (Phi) is 4.13. The molecule has 1 amide bonds. The molecule has 0 aliphatic rings. The number of aryl methyl sites for hydroxylation is 1. The smallest absolute Gasteiger partial charge is 0.283 e. The second-order valence-corrected chi connectivity index (χ2v) is 4.48. The molecule has 1 aromatic heterocycles. The van der Waals surface area contributed by atoms with Crippen molar-refractivity contribution in [3.63, 3.8) is 0 Å². The summed E-state index contributed by atoms with van der Waals surface area (Å²) in [4.78, 5) is 17.2. The highest BCUT2D eigenvalue weighted by atomic mass is 19.1. The zero-order valence-corrected chi connectivity index (χ0v) is 11.6. The van der Waals surface area contributed by atoms with E-state index in [4.69, 9.17) is 4.84 Å². The number of rotatable bonds is 4. The first-order valence-corrected chi connectivity index (χ1v) is 6.11. The molecule has 7 heteroatoms. The zero-order chi connectivity index (χ0) is 15.6. The minimum atomic E-state index is -0.643. The van der Waals surface area contributed by atoms with Gasteiger partial charge in [-0.05, 0) is 17.7 Å². The number of aromatic nitrogens is 1. The van der Waals surface area contributed by atoms with E-state index in [0.717, 1.165) is 5.06 Å². The van der Waals surface area contributed by atoms with Crippen LogP contribution in [-0.2, 0) is 18.4 Å². The van der Waals surface area contributed by atoms with Gasteiger partial charge in [-0.1, -0.05) is 12.1 Å². The van der Waals surface area contributed by atoms with Gasteiger partial charge in [-0.2, -0.15) is 0 Å². The lowest BCUT2D eigenvalue weighted by molar-refractivity contribution is -0.102. The molecule has 0 unspecified atom stereocenters. The van der Waals surface area contributed by atoms with Crippen molar-refractivity contribution in [2.45, 2.75) is 6.54 Å². The number of carbonyl (C=O) groups is 1. The van der Waals surface area contributed by atoms with Crippen molar-refractivity contribution in [3.8, 4) is 11.6 Å². The van der Waals surface area contributed by atoms with E-state index in [1.54, 1.807) is 6.07 Å². The maximum atomic E-state index is 13.1. The van der Waals surface area contributed by atoms with E-state index in [9.17, 15) is 19.4 Å². The Balaban J connectivity index is 2.24. The highest BCUT2D eigenvalue weighted by Gasteiger charge is 2.24. The Morgan fingerprint density at radius 2 is 2.14 bits per heavy atom. The van der Waals surface area contributed by atoms with Crippen LogP contribution in [0.2, 0.25) is 0 Å². The second kappa shape index (κ2) is 5.84. The van der Waals surface area contributed by atoms with Gasteiger partial charge in [0.1, 0.15) is 11.4 Å². The topological polar surface area (TPSA) is 74.9 Å². The molecule has 1 aromatic carbocycles. The summed E-state index contributed by atoms with van der Waals surface area (Å²) in [5.74, 6) is -2.00. The molecule has 21 heavy (non-hydrogen) atoms. The number of hydrogen-bond donors (Lipinski definition) is 2. The Morgan fingerprint density at radius 1 is 1.43 bits per heavy atom. The molecule has 0 saturated carbocycles.